The number of nitrogens with zero attached hydrogens (tertiary/aromatic N) is 1. The molecule has 0 fully saturated rings. The lowest BCUT2D eigenvalue weighted by Crippen LogP contribution is -3.00. The first kappa shape index (κ1) is 17.2. The lowest BCUT2D eigenvalue weighted by molar-refractivity contribution is -0.00000428. The summed E-state index contributed by atoms with van der Waals surface area (Å²) < 4.78 is 0. The van der Waals surface area contributed by atoms with Crippen LogP contribution in [0.5, 0.6) is 0 Å². The Morgan fingerprint density at radius 2 is 0.913 bits per heavy atom. The lowest BCUT2D eigenvalue weighted by Gasteiger charge is -2.22. The Morgan fingerprint density at radius 1 is 0.609 bits per heavy atom. The Morgan fingerprint density at radius 3 is 1.17 bits per heavy atom. The van der Waals surface area contributed by atoms with Gasteiger partial charge in [-0.25, -0.2) is 6.57 Å². The van der Waals surface area contributed by atoms with Gasteiger partial charge in [0.2, 0.25) is 0 Å². The first-order chi connectivity index (χ1) is 10.9. The van der Waals surface area contributed by atoms with E-state index in [1.165, 1.54) is 15.9 Å². The largest absolute Gasteiger partial charge is 1.00 e. The summed E-state index contributed by atoms with van der Waals surface area (Å²) in [5, 5.41) is 3.80. The van der Waals surface area contributed by atoms with Gasteiger partial charge in [0.1, 0.15) is 15.9 Å². The molecule has 0 radical (unpaired) electrons. The van der Waals surface area contributed by atoms with Gasteiger partial charge in [-0.3, -0.25) is 4.85 Å². The van der Waals surface area contributed by atoms with Gasteiger partial charge in [-0.2, -0.15) is 0 Å². The summed E-state index contributed by atoms with van der Waals surface area (Å²) in [6.07, 6.45) is 0.505. The molecule has 23 heavy (non-hydrogen) atoms. The topological polar surface area (TPSA) is 4.36 Å². The van der Waals surface area contributed by atoms with Crippen LogP contribution in [-0.2, 0) is 0 Å². The summed E-state index contributed by atoms with van der Waals surface area (Å²) in [5.41, 5.74) is 0. The van der Waals surface area contributed by atoms with E-state index in [1.807, 2.05) is 18.2 Å². The number of benzene rings is 3. The maximum atomic E-state index is 7.56. The molecular weight excluding hydrogens is 321 g/mol. The third kappa shape index (κ3) is 3.30. The molecule has 0 heterocycles. The van der Waals surface area contributed by atoms with Gasteiger partial charge in [0.15, 0.2) is 7.26 Å². The van der Waals surface area contributed by atoms with Crippen LogP contribution in [0.1, 0.15) is 0 Å². The van der Waals surface area contributed by atoms with Crippen molar-refractivity contribution in [2.24, 2.45) is 0 Å². The van der Waals surface area contributed by atoms with Crippen molar-refractivity contribution in [3.63, 3.8) is 0 Å². The highest BCUT2D eigenvalue weighted by molar-refractivity contribution is 7.95. The van der Waals surface area contributed by atoms with Crippen LogP contribution in [-0.4, -0.2) is 6.29 Å². The van der Waals surface area contributed by atoms with Gasteiger partial charge in [-0.05, 0) is 36.4 Å². The average Bonchev–Trinajstić information content (AvgIpc) is 2.62. The lowest BCUT2D eigenvalue weighted by atomic mass is 10.4. The molecule has 3 rings (SSSR count). The van der Waals surface area contributed by atoms with Crippen molar-refractivity contribution in [2.75, 3.05) is 6.29 Å². The monoisotopic (exact) mass is 337 g/mol. The molecule has 0 bridgehead atoms. The first-order valence-corrected chi connectivity index (χ1v) is 9.23. The third-order valence-corrected chi connectivity index (χ3v) is 7.98. The third-order valence-electron chi connectivity index (χ3n) is 3.87. The second-order valence-corrected chi connectivity index (χ2v) is 8.57. The van der Waals surface area contributed by atoms with E-state index in [9.17, 15) is 0 Å². The van der Waals surface area contributed by atoms with Gasteiger partial charge in [0.25, 0.3) is 0 Å². The summed E-state index contributed by atoms with van der Waals surface area (Å²) in [6, 6.07) is 31.5. The van der Waals surface area contributed by atoms with Crippen molar-refractivity contribution in [3.05, 3.63) is 102 Å². The Balaban J connectivity index is 0.00000192. The molecule has 0 saturated heterocycles. The zero-order valence-corrected chi connectivity index (χ0v) is 14.3. The summed E-state index contributed by atoms with van der Waals surface area (Å²) >= 11 is 0. The van der Waals surface area contributed by atoms with Crippen LogP contribution in [0.25, 0.3) is 4.85 Å². The van der Waals surface area contributed by atoms with Gasteiger partial charge in [-0.15, -0.1) is 0 Å². The van der Waals surface area contributed by atoms with Gasteiger partial charge >= 0.3 is 6.29 Å². The van der Waals surface area contributed by atoms with E-state index >= 15 is 0 Å². The second-order valence-electron chi connectivity index (χ2n) is 5.12. The van der Waals surface area contributed by atoms with Gasteiger partial charge < -0.3 is 12.4 Å². The van der Waals surface area contributed by atoms with E-state index in [1.54, 1.807) is 0 Å². The van der Waals surface area contributed by atoms with Crippen LogP contribution in [0.3, 0.4) is 0 Å². The molecule has 0 aliphatic heterocycles. The molecule has 0 aromatic heterocycles. The molecule has 0 aliphatic carbocycles. The molecule has 0 atom stereocenters. The Hall–Kier alpha value is -2.13. The molecule has 0 N–H and O–H groups in total. The van der Waals surface area contributed by atoms with Crippen LogP contribution in [0, 0.1) is 6.57 Å². The molecule has 3 heteroatoms. The summed E-state index contributed by atoms with van der Waals surface area (Å²) in [6.45, 7) is 7.56. The molecule has 0 amide bonds. The zero-order valence-electron chi connectivity index (χ0n) is 12.6. The van der Waals surface area contributed by atoms with E-state index < -0.39 is 7.26 Å². The molecule has 1 nitrogen and oxygen atoms in total. The molecule has 0 unspecified atom stereocenters. The SMILES string of the molecule is [C-]#[N+]C[P+](c1ccccc1)(c1ccccc1)c1ccccc1.[Cl-]. The fourth-order valence-corrected chi connectivity index (χ4v) is 6.49. The second kappa shape index (κ2) is 7.93. The Labute approximate surface area is 144 Å². The van der Waals surface area contributed by atoms with Crippen molar-refractivity contribution >= 4 is 23.2 Å². The standard InChI is InChI=1S/C20H17NP.ClH/c1-21-17-22(18-11-5-2-6-12-18,19-13-7-3-8-14-19)20-15-9-4-10-16-20;/h2-16H,17H2;1H/q+1;/p-1. The highest BCUT2D eigenvalue weighted by Gasteiger charge is 2.48. The smallest absolute Gasteiger partial charge is 0.323 e. The molecule has 3 aromatic rings. The number of halogens is 1. The molecule has 3 aromatic carbocycles. The molecule has 0 saturated carbocycles. The van der Waals surface area contributed by atoms with Crippen LogP contribution in [0.15, 0.2) is 91.0 Å². The van der Waals surface area contributed by atoms with E-state index in [-0.39, 0.29) is 12.4 Å². The minimum absolute atomic E-state index is 0. The van der Waals surface area contributed by atoms with E-state index in [0.29, 0.717) is 6.29 Å². The summed E-state index contributed by atoms with van der Waals surface area (Å²) in [5.74, 6) is 0. The maximum absolute atomic E-state index is 7.56. The van der Waals surface area contributed by atoms with Crippen LogP contribution in [0.4, 0.5) is 0 Å². The quantitative estimate of drug-likeness (QED) is 0.491. The van der Waals surface area contributed by atoms with Crippen molar-refractivity contribution in [3.8, 4) is 0 Å². The normalized spacial score (nSPS) is 10.4. The minimum atomic E-state index is -1.91. The Kier molecular flexibility index (Phi) is 5.94. The Bertz CT molecular complexity index is 670. The van der Waals surface area contributed by atoms with Crippen LogP contribution in [0.2, 0.25) is 0 Å². The van der Waals surface area contributed by atoms with Crippen molar-refractivity contribution < 1.29 is 12.4 Å². The summed E-state index contributed by atoms with van der Waals surface area (Å²) in [7, 11) is -1.91. The predicted molar refractivity (Wildman–Crippen MR) is 96.6 cm³/mol. The number of hydrogen-bond acceptors (Lipinski definition) is 0. The first-order valence-electron chi connectivity index (χ1n) is 7.26. The van der Waals surface area contributed by atoms with E-state index in [2.05, 4.69) is 77.6 Å². The average molecular weight is 338 g/mol. The molecule has 0 spiro atoms. The van der Waals surface area contributed by atoms with Crippen molar-refractivity contribution in [1.82, 2.24) is 0 Å². The van der Waals surface area contributed by atoms with Gasteiger partial charge in [-0.1, -0.05) is 54.6 Å². The van der Waals surface area contributed by atoms with Gasteiger partial charge in [0.05, 0.1) is 0 Å². The molecule has 114 valence electrons. The van der Waals surface area contributed by atoms with E-state index in [0.717, 1.165) is 0 Å². The van der Waals surface area contributed by atoms with Crippen molar-refractivity contribution in [2.45, 2.75) is 0 Å². The van der Waals surface area contributed by atoms with Crippen LogP contribution >= 0.6 is 7.26 Å². The van der Waals surface area contributed by atoms with Crippen LogP contribution < -0.4 is 28.3 Å². The number of rotatable bonds is 4. The highest BCUT2D eigenvalue weighted by atomic mass is 35.5. The number of hydrogen-bond donors (Lipinski definition) is 0. The maximum Gasteiger partial charge on any atom is 0.323 e. The summed E-state index contributed by atoms with van der Waals surface area (Å²) in [4.78, 5) is 3.84. The van der Waals surface area contributed by atoms with E-state index in [4.69, 9.17) is 6.57 Å². The molecule has 0 aliphatic rings. The zero-order chi connectivity index (χ0) is 15.3. The van der Waals surface area contributed by atoms with Gasteiger partial charge in [0, 0.05) is 0 Å². The fourth-order valence-electron chi connectivity index (χ4n) is 2.85. The fraction of sp³-hybridized carbons (Fsp3) is 0.0500. The molecular formula is C20H17ClNP. The highest BCUT2D eigenvalue weighted by Crippen LogP contribution is 2.55. The van der Waals surface area contributed by atoms with Crippen molar-refractivity contribution in [1.29, 1.82) is 0 Å². The predicted octanol–water partition coefficient (Wildman–Crippen LogP) is 0.861. The minimum Gasteiger partial charge on any atom is -1.00 e.